The highest BCUT2D eigenvalue weighted by molar-refractivity contribution is 7.92. The zero-order valence-corrected chi connectivity index (χ0v) is 13.3. The smallest absolute Gasteiger partial charge is 0.426 e. The lowest BCUT2D eigenvalue weighted by Crippen LogP contribution is -2.25. The number of ether oxygens (including phenoxy) is 1. The molecule has 0 atom stereocenters. The van der Waals surface area contributed by atoms with Gasteiger partial charge < -0.3 is 4.74 Å². The molecule has 2 rings (SSSR count). The summed E-state index contributed by atoms with van der Waals surface area (Å²) < 4.78 is 67.7. The fourth-order valence-corrected chi connectivity index (χ4v) is 3.85. The van der Waals surface area contributed by atoms with Gasteiger partial charge in [-0.2, -0.15) is 13.2 Å². The summed E-state index contributed by atoms with van der Waals surface area (Å²) in [6.07, 6.45) is 2.78. The molecule has 1 aliphatic rings. The monoisotopic (exact) mass is 350 g/mol. The minimum Gasteiger partial charge on any atom is -0.426 e. The number of esters is 1. The van der Waals surface area contributed by atoms with Gasteiger partial charge in [-0.05, 0) is 30.9 Å². The van der Waals surface area contributed by atoms with Gasteiger partial charge in [0, 0.05) is 12.0 Å². The third kappa shape index (κ3) is 3.52. The summed E-state index contributed by atoms with van der Waals surface area (Å²) >= 11 is 0. The Hall–Kier alpha value is -1.57. The minimum atomic E-state index is -5.50. The number of hydrogen-bond donors (Lipinski definition) is 0. The number of rotatable bonds is 4. The van der Waals surface area contributed by atoms with Crippen molar-refractivity contribution in [2.75, 3.05) is 0 Å². The number of carbonyl (C=O) groups excluding carboxylic acids is 1. The van der Waals surface area contributed by atoms with Crippen LogP contribution in [0.4, 0.5) is 13.2 Å². The van der Waals surface area contributed by atoms with Gasteiger partial charge in [0.25, 0.3) is 9.84 Å². The fraction of sp³-hybridized carbons (Fsp3) is 0.533. The first-order chi connectivity index (χ1) is 10.7. The van der Waals surface area contributed by atoms with Crippen molar-refractivity contribution in [3.05, 3.63) is 23.8 Å². The van der Waals surface area contributed by atoms with Gasteiger partial charge in [0.05, 0.1) is 4.90 Å². The maximum Gasteiger partial charge on any atom is 0.501 e. The average molecular weight is 350 g/mol. The van der Waals surface area contributed by atoms with Gasteiger partial charge in [-0.25, -0.2) is 8.42 Å². The van der Waals surface area contributed by atoms with E-state index in [1.165, 1.54) is 6.07 Å². The molecule has 0 spiro atoms. The maximum absolute atomic E-state index is 13.0. The summed E-state index contributed by atoms with van der Waals surface area (Å²) in [6, 6.07) is 3.44. The second-order valence-electron chi connectivity index (χ2n) is 5.43. The molecule has 128 valence electrons. The normalized spacial score (nSPS) is 16.5. The number of sulfone groups is 1. The number of hydrogen-bond acceptors (Lipinski definition) is 4. The van der Waals surface area contributed by atoms with E-state index >= 15 is 0 Å². The molecule has 0 N–H and O–H groups in total. The van der Waals surface area contributed by atoms with E-state index < -0.39 is 26.2 Å². The maximum atomic E-state index is 13.0. The Morgan fingerprint density at radius 3 is 2.39 bits per heavy atom. The van der Waals surface area contributed by atoms with Crippen LogP contribution < -0.4 is 4.74 Å². The van der Waals surface area contributed by atoms with E-state index in [1.807, 2.05) is 0 Å². The van der Waals surface area contributed by atoms with Gasteiger partial charge in [-0.1, -0.05) is 25.8 Å². The van der Waals surface area contributed by atoms with Crippen LogP contribution in [0.1, 0.15) is 50.5 Å². The Morgan fingerprint density at radius 1 is 1.26 bits per heavy atom. The molecule has 4 nitrogen and oxygen atoms in total. The molecule has 0 heterocycles. The van der Waals surface area contributed by atoms with Gasteiger partial charge >= 0.3 is 11.5 Å². The van der Waals surface area contributed by atoms with Crippen molar-refractivity contribution in [2.45, 2.75) is 55.3 Å². The highest BCUT2D eigenvalue weighted by Crippen LogP contribution is 2.44. The highest BCUT2D eigenvalue weighted by atomic mass is 32.2. The van der Waals surface area contributed by atoms with Crippen LogP contribution in [-0.2, 0) is 14.6 Å². The van der Waals surface area contributed by atoms with E-state index in [9.17, 15) is 26.4 Å². The summed E-state index contributed by atoms with van der Waals surface area (Å²) in [5, 5.41) is 0. The van der Waals surface area contributed by atoms with Crippen LogP contribution in [0.3, 0.4) is 0 Å². The molecule has 1 aromatic rings. The quantitative estimate of drug-likeness (QED) is 0.609. The first kappa shape index (κ1) is 17.8. The second-order valence-corrected chi connectivity index (χ2v) is 7.34. The average Bonchev–Trinajstić information content (AvgIpc) is 2.99. The van der Waals surface area contributed by atoms with E-state index in [-0.39, 0.29) is 23.7 Å². The molecule has 1 fully saturated rings. The van der Waals surface area contributed by atoms with Gasteiger partial charge in [0.1, 0.15) is 5.75 Å². The van der Waals surface area contributed by atoms with Crippen molar-refractivity contribution < 1.29 is 31.1 Å². The zero-order chi connectivity index (χ0) is 17.3. The molecule has 0 amide bonds. The number of halogens is 3. The molecule has 0 unspecified atom stereocenters. The molecule has 1 saturated carbocycles. The third-order valence-corrected chi connectivity index (χ3v) is 5.44. The van der Waals surface area contributed by atoms with Crippen LogP contribution in [0.15, 0.2) is 23.1 Å². The second kappa shape index (κ2) is 6.51. The number of alkyl halides is 3. The van der Waals surface area contributed by atoms with Crippen molar-refractivity contribution in [3.8, 4) is 5.75 Å². The van der Waals surface area contributed by atoms with E-state index in [1.54, 1.807) is 6.92 Å². The van der Waals surface area contributed by atoms with Gasteiger partial charge in [-0.3, -0.25) is 4.79 Å². The lowest BCUT2D eigenvalue weighted by atomic mass is 9.96. The van der Waals surface area contributed by atoms with Crippen molar-refractivity contribution in [2.24, 2.45) is 0 Å². The molecule has 1 aliphatic carbocycles. The minimum absolute atomic E-state index is 0.0240. The Kier molecular flexibility index (Phi) is 5.03. The van der Waals surface area contributed by atoms with Crippen LogP contribution in [0, 0.1) is 0 Å². The topological polar surface area (TPSA) is 60.4 Å². The first-order valence-electron chi connectivity index (χ1n) is 7.33. The first-order valence-corrected chi connectivity index (χ1v) is 8.81. The Morgan fingerprint density at radius 2 is 1.87 bits per heavy atom. The van der Waals surface area contributed by atoms with Crippen LogP contribution >= 0.6 is 0 Å². The summed E-state index contributed by atoms with van der Waals surface area (Å²) in [5.41, 5.74) is -5.42. The molecular weight excluding hydrogens is 333 g/mol. The molecule has 0 radical (unpaired) electrons. The molecule has 1 aromatic carbocycles. The molecule has 0 bridgehead atoms. The number of carbonyl (C=O) groups is 1. The molecular formula is C15H17F3O4S. The molecule has 23 heavy (non-hydrogen) atoms. The van der Waals surface area contributed by atoms with Crippen molar-refractivity contribution in [3.63, 3.8) is 0 Å². The highest BCUT2D eigenvalue weighted by Gasteiger charge is 2.49. The Labute approximate surface area is 132 Å². The standard InChI is InChI=1S/C15H17F3O4S/c1-2-13(19)22-11-8-5-9-12(23(20,21)15(16,17)18)14(11)10-6-3-4-7-10/h5,8-10H,2-4,6-7H2,1H3. The van der Waals surface area contributed by atoms with Crippen molar-refractivity contribution in [1.29, 1.82) is 0 Å². The Bertz CT molecular complexity index is 689. The lowest BCUT2D eigenvalue weighted by molar-refractivity contribution is -0.134. The van der Waals surface area contributed by atoms with Crippen LogP contribution in [0.2, 0.25) is 0 Å². The van der Waals surface area contributed by atoms with Crippen LogP contribution in [0.25, 0.3) is 0 Å². The molecule has 0 aliphatic heterocycles. The van der Waals surface area contributed by atoms with Crippen LogP contribution in [0.5, 0.6) is 5.75 Å². The molecule has 8 heteroatoms. The van der Waals surface area contributed by atoms with Crippen molar-refractivity contribution >= 4 is 15.8 Å². The van der Waals surface area contributed by atoms with E-state index in [4.69, 9.17) is 4.74 Å². The van der Waals surface area contributed by atoms with Crippen LogP contribution in [-0.4, -0.2) is 19.9 Å². The summed E-state index contributed by atoms with van der Waals surface area (Å²) in [7, 11) is -5.50. The van der Waals surface area contributed by atoms with Gasteiger partial charge in [0.15, 0.2) is 0 Å². The summed E-state index contributed by atoms with van der Waals surface area (Å²) in [4.78, 5) is 10.7. The predicted molar refractivity (Wildman–Crippen MR) is 76.8 cm³/mol. The fourth-order valence-electron chi connectivity index (χ4n) is 2.78. The number of benzene rings is 1. The Balaban J connectivity index is 2.62. The van der Waals surface area contributed by atoms with Gasteiger partial charge in [-0.15, -0.1) is 0 Å². The lowest BCUT2D eigenvalue weighted by Gasteiger charge is -2.20. The van der Waals surface area contributed by atoms with Crippen molar-refractivity contribution in [1.82, 2.24) is 0 Å². The summed E-state index contributed by atoms with van der Waals surface area (Å²) in [5.74, 6) is -1.07. The largest absolute Gasteiger partial charge is 0.501 e. The van der Waals surface area contributed by atoms with E-state index in [0.717, 1.165) is 25.0 Å². The zero-order valence-electron chi connectivity index (χ0n) is 12.5. The van der Waals surface area contributed by atoms with E-state index in [0.29, 0.717) is 12.8 Å². The third-order valence-electron chi connectivity index (χ3n) is 3.90. The molecule has 0 aromatic heterocycles. The van der Waals surface area contributed by atoms with E-state index in [2.05, 4.69) is 0 Å². The predicted octanol–water partition coefficient (Wildman–Crippen LogP) is 3.95. The summed E-state index contributed by atoms with van der Waals surface area (Å²) in [6.45, 7) is 1.55. The SMILES string of the molecule is CCC(=O)Oc1cccc(S(=O)(=O)C(F)(F)F)c1C1CCCC1. The van der Waals surface area contributed by atoms with Gasteiger partial charge in [0.2, 0.25) is 0 Å². The molecule has 0 saturated heterocycles.